The SMILES string of the molecule is COc1ccc(C[C@H](NC(=O)CNC(=O)c2cc(C)no2)C(=O)N[C@@H](CC2CCCC2)C(=O)[C@@]2(C)CO2)cc1. The summed E-state index contributed by atoms with van der Waals surface area (Å²) in [5, 5.41) is 11.8. The molecule has 2 fully saturated rings. The summed E-state index contributed by atoms with van der Waals surface area (Å²) in [6.07, 6.45) is 4.99. The smallest absolute Gasteiger partial charge is 0.290 e. The molecule has 1 saturated heterocycles. The quantitative estimate of drug-likeness (QED) is 0.326. The van der Waals surface area contributed by atoms with E-state index in [1.807, 2.05) is 0 Å². The number of ether oxygens (including phenoxy) is 2. The van der Waals surface area contributed by atoms with Gasteiger partial charge in [-0.2, -0.15) is 0 Å². The predicted molar refractivity (Wildman–Crippen MR) is 140 cm³/mol. The van der Waals surface area contributed by atoms with Gasteiger partial charge in [0.05, 0.1) is 32.0 Å². The second-order valence-electron chi connectivity index (χ2n) is 10.5. The van der Waals surface area contributed by atoms with Gasteiger partial charge in [-0.25, -0.2) is 0 Å². The molecule has 210 valence electrons. The lowest BCUT2D eigenvalue weighted by Gasteiger charge is -2.26. The van der Waals surface area contributed by atoms with Crippen molar-refractivity contribution in [2.45, 2.75) is 70.1 Å². The Balaban J connectivity index is 1.45. The Hall–Kier alpha value is -3.73. The fourth-order valence-corrected chi connectivity index (χ4v) is 4.87. The first-order valence-corrected chi connectivity index (χ1v) is 13.3. The van der Waals surface area contributed by atoms with E-state index in [1.165, 1.54) is 6.07 Å². The standard InChI is InChI=1S/C28H36N4O7/c1-17-12-23(39-32-17)27(36)29-15-24(33)30-22(14-19-8-10-20(37-3)11-9-19)26(35)31-21(13-18-6-4-5-7-18)25(34)28(2)16-38-28/h8-12,18,21-22H,4-7,13-16H2,1-3H3,(H,29,36)(H,30,33)(H,31,35)/t21-,22-,28+/m0/s1. The van der Waals surface area contributed by atoms with Crippen molar-refractivity contribution in [3.8, 4) is 5.75 Å². The maximum atomic E-state index is 13.6. The Morgan fingerprint density at radius 1 is 1.10 bits per heavy atom. The molecule has 2 aliphatic rings. The van der Waals surface area contributed by atoms with Crippen LogP contribution in [0.5, 0.6) is 5.75 Å². The number of hydrogen-bond donors (Lipinski definition) is 3. The molecule has 1 aromatic carbocycles. The number of nitrogens with zero attached hydrogens (tertiary/aromatic N) is 1. The van der Waals surface area contributed by atoms with Crippen molar-refractivity contribution in [1.29, 1.82) is 0 Å². The third-order valence-electron chi connectivity index (χ3n) is 7.29. The van der Waals surface area contributed by atoms with Gasteiger partial charge in [0.25, 0.3) is 5.91 Å². The Bertz CT molecular complexity index is 1180. The van der Waals surface area contributed by atoms with Crippen LogP contribution in [0, 0.1) is 12.8 Å². The molecule has 1 saturated carbocycles. The number of rotatable bonds is 13. The number of Topliss-reactive ketones (excluding diaryl/α,β-unsaturated/α-hetero) is 1. The molecule has 3 atom stereocenters. The molecule has 0 radical (unpaired) electrons. The minimum Gasteiger partial charge on any atom is -0.497 e. The zero-order valence-electron chi connectivity index (χ0n) is 22.6. The van der Waals surface area contributed by atoms with Gasteiger partial charge in [0.2, 0.25) is 17.6 Å². The third kappa shape index (κ3) is 7.66. The van der Waals surface area contributed by atoms with Crippen LogP contribution in [-0.2, 0) is 25.5 Å². The Morgan fingerprint density at radius 3 is 2.38 bits per heavy atom. The number of carbonyl (C=O) groups is 4. The van der Waals surface area contributed by atoms with Crippen LogP contribution >= 0.6 is 0 Å². The molecule has 2 heterocycles. The van der Waals surface area contributed by atoms with E-state index in [0.29, 0.717) is 30.4 Å². The molecular weight excluding hydrogens is 504 g/mol. The van der Waals surface area contributed by atoms with Crippen LogP contribution in [0.3, 0.4) is 0 Å². The predicted octanol–water partition coefficient (Wildman–Crippen LogP) is 1.87. The lowest BCUT2D eigenvalue weighted by molar-refractivity contribution is -0.133. The molecule has 0 bridgehead atoms. The van der Waals surface area contributed by atoms with Crippen LogP contribution in [0.25, 0.3) is 0 Å². The lowest BCUT2D eigenvalue weighted by Crippen LogP contribution is -2.55. The molecule has 1 aliphatic carbocycles. The average molecular weight is 541 g/mol. The zero-order chi connectivity index (χ0) is 28.0. The lowest BCUT2D eigenvalue weighted by atomic mass is 9.90. The number of aromatic nitrogens is 1. The van der Waals surface area contributed by atoms with Gasteiger partial charge in [-0.05, 0) is 43.9 Å². The number of benzene rings is 1. The van der Waals surface area contributed by atoms with E-state index >= 15 is 0 Å². The van der Waals surface area contributed by atoms with Gasteiger partial charge in [-0.3, -0.25) is 19.2 Å². The third-order valence-corrected chi connectivity index (χ3v) is 7.29. The second kappa shape index (κ2) is 12.4. The van der Waals surface area contributed by atoms with Crippen molar-refractivity contribution in [3.05, 3.63) is 47.3 Å². The van der Waals surface area contributed by atoms with Crippen LogP contribution < -0.4 is 20.7 Å². The Kier molecular flexibility index (Phi) is 9.01. The minimum atomic E-state index is -0.984. The van der Waals surface area contributed by atoms with Crippen LogP contribution in [0.4, 0.5) is 0 Å². The molecule has 11 heteroatoms. The molecule has 3 amide bonds. The molecule has 1 aromatic heterocycles. The van der Waals surface area contributed by atoms with Crippen molar-refractivity contribution in [2.24, 2.45) is 5.92 Å². The maximum Gasteiger partial charge on any atom is 0.290 e. The molecule has 1 aliphatic heterocycles. The van der Waals surface area contributed by atoms with Gasteiger partial charge in [0, 0.05) is 12.5 Å². The number of epoxide rings is 1. The van der Waals surface area contributed by atoms with E-state index in [4.69, 9.17) is 14.0 Å². The summed E-state index contributed by atoms with van der Waals surface area (Å²) in [5.74, 6) is -0.785. The molecular formula is C28H36N4O7. The molecule has 2 aromatic rings. The number of nitrogens with one attached hydrogen (secondary N) is 3. The van der Waals surface area contributed by atoms with Crippen LogP contribution in [0.2, 0.25) is 0 Å². The summed E-state index contributed by atoms with van der Waals surface area (Å²) in [7, 11) is 1.56. The highest BCUT2D eigenvalue weighted by Gasteiger charge is 2.50. The highest BCUT2D eigenvalue weighted by atomic mass is 16.6. The van der Waals surface area contributed by atoms with E-state index in [-0.39, 0.29) is 24.5 Å². The second-order valence-corrected chi connectivity index (χ2v) is 10.5. The van der Waals surface area contributed by atoms with Crippen LogP contribution in [0.1, 0.15) is 60.8 Å². The minimum absolute atomic E-state index is 0.0168. The van der Waals surface area contributed by atoms with E-state index in [9.17, 15) is 19.2 Å². The van der Waals surface area contributed by atoms with Crippen LogP contribution in [-0.4, -0.2) is 66.6 Å². The van der Waals surface area contributed by atoms with E-state index in [0.717, 1.165) is 31.2 Å². The molecule has 39 heavy (non-hydrogen) atoms. The largest absolute Gasteiger partial charge is 0.497 e. The van der Waals surface area contributed by atoms with Crippen molar-refractivity contribution >= 4 is 23.5 Å². The van der Waals surface area contributed by atoms with Gasteiger partial charge < -0.3 is 29.9 Å². The van der Waals surface area contributed by atoms with E-state index in [1.54, 1.807) is 45.2 Å². The van der Waals surface area contributed by atoms with Gasteiger partial charge in [0.1, 0.15) is 17.4 Å². The van der Waals surface area contributed by atoms with Crippen LogP contribution in [0.15, 0.2) is 34.9 Å². The summed E-state index contributed by atoms with van der Waals surface area (Å²) in [6, 6.07) is 6.91. The first-order valence-electron chi connectivity index (χ1n) is 13.3. The topological polar surface area (TPSA) is 152 Å². The molecule has 11 nitrogen and oxygen atoms in total. The number of methoxy groups -OCH3 is 1. The molecule has 3 N–H and O–H groups in total. The number of ketones is 1. The summed E-state index contributed by atoms with van der Waals surface area (Å²) in [6.45, 7) is 3.37. The summed E-state index contributed by atoms with van der Waals surface area (Å²) in [4.78, 5) is 51.8. The zero-order valence-corrected chi connectivity index (χ0v) is 22.6. The van der Waals surface area contributed by atoms with Crippen molar-refractivity contribution in [1.82, 2.24) is 21.1 Å². The number of aryl methyl sites for hydroxylation is 1. The maximum absolute atomic E-state index is 13.6. The van der Waals surface area contributed by atoms with E-state index < -0.39 is 35.4 Å². The number of hydrogen-bond acceptors (Lipinski definition) is 8. The molecule has 0 unspecified atom stereocenters. The number of carbonyl (C=O) groups excluding carboxylic acids is 4. The fraction of sp³-hybridized carbons (Fsp3) is 0.536. The molecule has 4 rings (SSSR count). The first kappa shape index (κ1) is 28.3. The average Bonchev–Trinajstić information content (AvgIpc) is 3.27. The summed E-state index contributed by atoms with van der Waals surface area (Å²) in [5.41, 5.74) is 0.441. The fourth-order valence-electron chi connectivity index (χ4n) is 4.87. The Morgan fingerprint density at radius 2 is 1.79 bits per heavy atom. The van der Waals surface area contributed by atoms with Gasteiger partial charge in [-0.15, -0.1) is 0 Å². The molecule has 0 spiro atoms. The van der Waals surface area contributed by atoms with E-state index in [2.05, 4.69) is 21.1 Å². The summed E-state index contributed by atoms with van der Waals surface area (Å²) < 4.78 is 15.5. The van der Waals surface area contributed by atoms with Gasteiger partial charge in [-0.1, -0.05) is 43.0 Å². The first-order chi connectivity index (χ1) is 18.7. The van der Waals surface area contributed by atoms with Crippen molar-refractivity contribution in [3.63, 3.8) is 0 Å². The normalized spacial score (nSPS) is 20.1. The Labute approximate surface area is 227 Å². The highest BCUT2D eigenvalue weighted by molar-refractivity contribution is 5.98. The number of amides is 3. The summed E-state index contributed by atoms with van der Waals surface area (Å²) >= 11 is 0. The monoisotopic (exact) mass is 540 g/mol. The van der Waals surface area contributed by atoms with Crippen molar-refractivity contribution in [2.75, 3.05) is 20.3 Å². The highest BCUT2D eigenvalue weighted by Crippen LogP contribution is 2.33. The van der Waals surface area contributed by atoms with Gasteiger partial charge in [0.15, 0.2) is 5.78 Å². The van der Waals surface area contributed by atoms with Gasteiger partial charge >= 0.3 is 0 Å². The van der Waals surface area contributed by atoms with Crippen molar-refractivity contribution < 1.29 is 33.2 Å².